The van der Waals surface area contributed by atoms with Crippen LogP contribution in [-0.4, -0.2) is 35.8 Å². The smallest absolute Gasteiger partial charge is 0.164 e. The molecule has 1 fully saturated rings. The minimum atomic E-state index is -0.933. The van der Waals surface area contributed by atoms with E-state index in [1.54, 1.807) is 0 Å². The molecule has 1 saturated heterocycles. The average Bonchev–Trinajstić information content (AvgIpc) is 3.14. The van der Waals surface area contributed by atoms with Crippen molar-refractivity contribution in [2.75, 3.05) is 6.61 Å². The maximum absolute atomic E-state index is 11.3. The molecular weight excluding hydrogens is 560 g/mol. The van der Waals surface area contributed by atoms with Gasteiger partial charge in [0.05, 0.1) is 10.00 Å². The zero-order chi connectivity index (χ0) is 24.2. The van der Waals surface area contributed by atoms with Crippen LogP contribution in [-0.2, 0) is 19.8 Å². The number of aliphatic hydroxyl groups excluding tert-OH is 1. The van der Waals surface area contributed by atoms with E-state index < -0.39 is 29.7 Å². The third-order valence-corrected chi connectivity index (χ3v) is 6.37. The molecule has 0 aromatic heterocycles. The van der Waals surface area contributed by atoms with E-state index in [1.807, 2.05) is 74.5 Å². The van der Waals surface area contributed by atoms with Crippen LogP contribution in [0, 0.1) is 0 Å². The van der Waals surface area contributed by atoms with Crippen molar-refractivity contribution in [3.8, 4) is 0 Å². The summed E-state index contributed by atoms with van der Waals surface area (Å²) < 4.78 is 19.6. The zero-order valence-corrected chi connectivity index (χ0v) is 22.3. The van der Waals surface area contributed by atoms with Gasteiger partial charge in [0.1, 0.15) is 23.9 Å². The lowest BCUT2D eigenvalue weighted by Gasteiger charge is -2.37. The SMILES string of the molecule is CC1(C)O[C@@H](C=C(Br)Br)[C@@H](C(O)COC(c2ccccc2)(c2ccccc2)c2ccccc2)O1. The molecular formula is C28H28Br2O4. The van der Waals surface area contributed by atoms with Crippen LogP contribution < -0.4 is 0 Å². The van der Waals surface area contributed by atoms with Gasteiger partial charge in [-0.25, -0.2) is 0 Å². The van der Waals surface area contributed by atoms with Gasteiger partial charge < -0.3 is 19.3 Å². The fourth-order valence-corrected chi connectivity index (χ4v) is 4.96. The van der Waals surface area contributed by atoms with Crippen LogP contribution in [0.15, 0.2) is 100 Å². The van der Waals surface area contributed by atoms with Gasteiger partial charge in [-0.1, -0.05) is 91.0 Å². The van der Waals surface area contributed by atoms with Gasteiger partial charge in [0.2, 0.25) is 0 Å². The van der Waals surface area contributed by atoms with Gasteiger partial charge in [-0.2, -0.15) is 0 Å². The second-order valence-electron chi connectivity index (χ2n) is 8.68. The van der Waals surface area contributed by atoms with Crippen LogP contribution in [0.25, 0.3) is 0 Å². The first-order valence-corrected chi connectivity index (χ1v) is 12.8. The van der Waals surface area contributed by atoms with Crippen LogP contribution in [0.5, 0.6) is 0 Å². The molecule has 0 amide bonds. The van der Waals surface area contributed by atoms with Crippen molar-refractivity contribution in [1.29, 1.82) is 0 Å². The molecule has 3 atom stereocenters. The minimum absolute atomic E-state index is 0.0348. The monoisotopic (exact) mass is 586 g/mol. The van der Waals surface area contributed by atoms with Crippen LogP contribution in [0.3, 0.4) is 0 Å². The summed E-state index contributed by atoms with van der Waals surface area (Å²) in [5, 5.41) is 11.3. The van der Waals surface area contributed by atoms with Crippen molar-refractivity contribution < 1.29 is 19.3 Å². The first-order chi connectivity index (χ1) is 16.3. The van der Waals surface area contributed by atoms with E-state index in [9.17, 15) is 5.11 Å². The summed E-state index contributed by atoms with van der Waals surface area (Å²) in [6.45, 7) is 3.71. The molecule has 0 spiro atoms. The van der Waals surface area contributed by atoms with Crippen molar-refractivity contribution in [3.63, 3.8) is 0 Å². The predicted molar refractivity (Wildman–Crippen MR) is 141 cm³/mol. The predicted octanol–water partition coefficient (Wildman–Crippen LogP) is 6.51. The molecule has 3 aromatic rings. The molecule has 0 aliphatic carbocycles. The van der Waals surface area contributed by atoms with Gasteiger partial charge in [-0.15, -0.1) is 0 Å². The number of benzene rings is 3. The quantitative estimate of drug-likeness (QED) is 0.305. The minimum Gasteiger partial charge on any atom is -0.388 e. The molecule has 178 valence electrons. The molecule has 1 aliphatic heterocycles. The molecule has 6 heteroatoms. The number of hydrogen-bond donors (Lipinski definition) is 1. The average molecular weight is 588 g/mol. The lowest BCUT2D eigenvalue weighted by molar-refractivity contribution is -0.160. The number of hydrogen-bond acceptors (Lipinski definition) is 4. The van der Waals surface area contributed by atoms with Crippen LogP contribution in [0.1, 0.15) is 30.5 Å². The number of rotatable bonds is 8. The van der Waals surface area contributed by atoms with Gasteiger partial charge in [0.25, 0.3) is 0 Å². The van der Waals surface area contributed by atoms with Gasteiger partial charge in [0, 0.05) is 0 Å². The number of ether oxygens (including phenoxy) is 3. The Hall–Kier alpha value is -1.80. The Morgan fingerprint density at radius 1 is 0.882 bits per heavy atom. The Labute approximate surface area is 217 Å². The molecule has 4 rings (SSSR count). The Morgan fingerprint density at radius 2 is 1.32 bits per heavy atom. The lowest BCUT2D eigenvalue weighted by Crippen LogP contribution is -2.42. The standard InChI is InChI=1S/C28H28Br2O4/c1-27(2)33-24(18-25(29)30)26(34-27)23(31)19-32-28(20-12-6-3-7-13-20,21-14-8-4-9-15-21)22-16-10-5-11-17-22/h3-18,23-24,26,31H,19H2,1-2H3/t23?,24-,26+/m0/s1. The lowest BCUT2D eigenvalue weighted by atomic mass is 9.80. The van der Waals surface area contributed by atoms with E-state index in [1.165, 1.54) is 0 Å². The second-order valence-corrected chi connectivity index (χ2v) is 11.5. The van der Waals surface area contributed by atoms with Gasteiger partial charge in [0.15, 0.2) is 5.79 Å². The van der Waals surface area contributed by atoms with Crippen molar-refractivity contribution in [1.82, 2.24) is 0 Å². The molecule has 0 bridgehead atoms. The molecule has 34 heavy (non-hydrogen) atoms. The van der Waals surface area contributed by atoms with Crippen LogP contribution >= 0.6 is 31.9 Å². The van der Waals surface area contributed by atoms with E-state index in [2.05, 4.69) is 68.3 Å². The number of aliphatic hydroxyl groups is 1. The first-order valence-electron chi connectivity index (χ1n) is 11.2. The summed E-state index contributed by atoms with van der Waals surface area (Å²) in [4.78, 5) is 0. The Kier molecular flexibility index (Phi) is 8.08. The Balaban J connectivity index is 1.73. The summed E-state index contributed by atoms with van der Waals surface area (Å²) in [5.41, 5.74) is 2.01. The highest BCUT2D eigenvalue weighted by atomic mass is 79.9. The topological polar surface area (TPSA) is 47.9 Å². The Morgan fingerprint density at radius 3 is 1.74 bits per heavy atom. The number of halogens is 2. The fraction of sp³-hybridized carbons (Fsp3) is 0.286. The summed E-state index contributed by atoms with van der Waals surface area (Å²) in [6, 6.07) is 30.3. The van der Waals surface area contributed by atoms with Crippen molar-refractivity contribution in [2.24, 2.45) is 0 Å². The van der Waals surface area contributed by atoms with E-state index in [-0.39, 0.29) is 6.61 Å². The molecule has 1 unspecified atom stereocenters. The van der Waals surface area contributed by atoms with Gasteiger partial charge in [-0.3, -0.25) is 0 Å². The van der Waals surface area contributed by atoms with Gasteiger partial charge >= 0.3 is 0 Å². The van der Waals surface area contributed by atoms with Crippen molar-refractivity contribution in [2.45, 2.75) is 43.5 Å². The highest BCUT2D eigenvalue weighted by molar-refractivity contribution is 9.28. The maximum atomic E-state index is 11.3. The van der Waals surface area contributed by atoms with Crippen LogP contribution in [0.2, 0.25) is 0 Å². The third kappa shape index (κ3) is 5.54. The maximum Gasteiger partial charge on any atom is 0.164 e. The van der Waals surface area contributed by atoms with E-state index in [0.29, 0.717) is 0 Å². The Bertz CT molecular complexity index is 986. The van der Waals surface area contributed by atoms with Crippen molar-refractivity contribution in [3.05, 3.63) is 117 Å². The normalized spacial score (nSPS) is 20.6. The summed E-state index contributed by atoms with van der Waals surface area (Å²) in [5.74, 6) is -0.822. The zero-order valence-electron chi connectivity index (χ0n) is 19.1. The molecule has 4 nitrogen and oxygen atoms in total. The van der Waals surface area contributed by atoms with Crippen LogP contribution in [0.4, 0.5) is 0 Å². The molecule has 0 saturated carbocycles. The second kappa shape index (κ2) is 10.9. The van der Waals surface area contributed by atoms with E-state index in [0.717, 1.165) is 20.1 Å². The van der Waals surface area contributed by atoms with E-state index in [4.69, 9.17) is 14.2 Å². The fourth-order valence-electron chi connectivity index (χ4n) is 4.44. The van der Waals surface area contributed by atoms with E-state index >= 15 is 0 Å². The summed E-state index contributed by atoms with van der Waals surface area (Å²) in [6.07, 6.45) is -0.137. The summed E-state index contributed by atoms with van der Waals surface area (Å²) >= 11 is 6.78. The molecule has 1 aliphatic rings. The highest BCUT2D eigenvalue weighted by Gasteiger charge is 2.45. The molecule has 1 heterocycles. The molecule has 1 N–H and O–H groups in total. The third-order valence-electron chi connectivity index (χ3n) is 5.84. The highest BCUT2D eigenvalue weighted by Crippen LogP contribution is 2.41. The molecule has 3 aromatic carbocycles. The molecule has 0 radical (unpaired) electrons. The largest absolute Gasteiger partial charge is 0.388 e. The van der Waals surface area contributed by atoms with Crippen molar-refractivity contribution >= 4 is 31.9 Å². The first kappa shape index (κ1) is 25.3. The van der Waals surface area contributed by atoms with Gasteiger partial charge in [-0.05, 0) is 68.5 Å². The summed E-state index contributed by atoms with van der Waals surface area (Å²) in [7, 11) is 0.